The van der Waals surface area contributed by atoms with Crippen molar-refractivity contribution >= 4 is 15.7 Å². The number of hydrogen-bond donors (Lipinski definition) is 2. The first kappa shape index (κ1) is 16.5. The van der Waals surface area contributed by atoms with Crippen LogP contribution in [0.15, 0.2) is 53.4 Å². The fourth-order valence-corrected chi connectivity index (χ4v) is 3.23. The Bertz CT molecular complexity index is 750. The van der Waals surface area contributed by atoms with Crippen LogP contribution in [0.5, 0.6) is 0 Å². The Morgan fingerprint density at radius 3 is 2.27 bits per heavy atom. The van der Waals surface area contributed by atoms with Crippen LogP contribution in [0.3, 0.4) is 0 Å². The van der Waals surface area contributed by atoms with E-state index in [4.69, 9.17) is 0 Å². The Hall–Kier alpha value is -1.85. The average molecular weight is 319 g/mol. The third kappa shape index (κ3) is 3.48. The molecular formula is C17H21NO3S. The van der Waals surface area contributed by atoms with Gasteiger partial charge in [-0.25, -0.2) is 8.42 Å². The predicted molar refractivity (Wildman–Crippen MR) is 88.3 cm³/mol. The second-order valence-electron chi connectivity index (χ2n) is 5.59. The van der Waals surface area contributed by atoms with Crippen molar-refractivity contribution in [2.24, 2.45) is 0 Å². The number of aliphatic hydroxyl groups is 1. The van der Waals surface area contributed by atoms with Crippen molar-refractivity contribution < 1.29 is 13.5 Å². The van der Waals surface area contributed by atoms with Gasteiger partial charge in [0.15, 0.2) is 0 Å². The molecule has 2 aromatic carbocycles. The molecular weight excluding hydrogens is 298 g/mol. The smallest absolute Gasteiger partial charge is 0.261 e. The van der Waals surface area contributed by atoms with Gasteiger partial charge >= 0.3 is 0 Å². The Balaban J connectivity index is 2.41. The SMILES string of the molecule is CCC(C)(O)c1ccccc1NS(=O)(=O)c1ccc(C)cc1. The van der Waals surface area contributed by atoms with Gasteiger partial charge in [-0.3, -0.25) is 4.72 Å². The van der Waals surface area contributed by atoms with E-state index in [-0.39, 0.29) is 4.90 Å². The largest absolute Gasteiger partial charge is 0.385 e. The van der Waals surface area contributed by atoms with Gasteiger partial charge < -0.3 is 5.11 Å². The maximum Gasteiger partial charge on any atom is 0.261 e. The average Bonchev–Trinajstić information content (AvgIpc) is 2.47. The van der Waals surface area contributed by atoms with Gasteiger partial charge in [0.25, 0.3) is 10.0 Å². The number of sulfonamides is 1. The van der Waals surface area contributed by atoms with E-state index in [9.17, 15) is 13.5 Å². The molecule has 0 fully saturated rings. The summed E-state index contributed by atoms with van der Waals surface area (Å²) >= 11 is 0. The lowest BCUT2D eigenvalue weighted by Gasteiger charge is -2.25. The summed E-state index contributed by atoms with van der Waals surface area (Å²) in [6, 6.07) is 13.6. The molecule has 0 saturated heterocycles. The molecule has 2 rings (SSSR count). The predicted octanol–water partition coefficient (Wildman–Crippen LogP) is 3.41. The molecule has 22 heavy (non-hydrogen) atoms. The van der Waals surface area contributed by atoms with Gasteiger partial charge in [0.1, 0.15) is 0 Å². The summed E-state index contributed by atoms with van der Waals surface area (Å²) in [7, 11) is -3.68. The third-order valence-electron chi connectivity index (χ3n) is 3.77. The lowest BCUT2D eigenvalue weighted by molar-refractivity contribution is 0.0539. The fourth-order valence-electron chi connectivity index (χ4n) is 2.15. The standard InChI is InChI=1S/C17H21NO3S/c1-4-17(3,19)15-7-5-6-8-16(15)18-22(20,21)14-11-9-13(2)10-12-14/h5-12,18-19H,4H2,1-3H3. The lowest BCUT2D eigenvalue weighted by Crippen LogP contribution is -2.23. The van der Waals surface area contributed by atoms with Crippen LogP contribution in [0.2, 0.25) is 0 Å². The Labute approximate surface area is 131 Å². The molecule has 118 valence electrons. The second kappa shape index (κ2) is 6.10. The molecule has 2 aromatic rings. The van der Waals surface area contributed by atoms with Crippen molar-refractivity contribution in [1.29, 1.82) is 0 Å². The fraction of sp³-hybridized carbons (Fsp3) is 0.294. The van der Waals surface area contributed by atoms with Gasteiger partial charge in [0.05, 0.1) is 16.2 Å². The van der Waals surface area contributed by atoms with E-state index < -0.39 is 15.6 Å². The van der Waals surface area contributed by atoms with Crippen molar-refractivity contribution in [3.8, 4) is 0 Å². The highest BCUT2D eigenvalue weighted by Gasteiger charge is 2.25. The van der Waals surface area contributed by atoms with E-state index in [1.165, 1.54) is 0 Å². The molecule has 0 aliphatic rings. The first-order chi connectivity index (χ1) is 10.3. The molecule has 0 saturated carbocycles. The van der Waals surface area contributed by atoms with Crippen molar-refractivity contribution in [1.82, 2.24) is 0 Å². The highest BCUT2D eigenvalue weighted by molar-refractivity contribution is 7.92. The summed E-state index contributed by atoms with van der Waals surface area (Å²) in [5, 5.41) is 10.4. The number of hydrogen-bond acceptors (Lipinski definition) is 3. The van der Waals surface area contributed by atoms with Crippen LogP contribution in [-0.2, 0) is 15.6 Å². The second-order valence-corrected chi connectivity index (χ2v) is 7.27. The zero-order chi connectivity index (χ0) is 16.4. The molecule has 1 atom stereocenters. The normalized spacial score (nSPS) is 14.4. The summed E-state index contributed by atoms with van der Waals surface area (Å²) in [4.78, 5) is 0.198. The minimum absolute atomic E-state index is 0.198. The summed E-state index contributed by atoms with van der Waals surface area (Å²) in [6.07, 6.45) is 0.482. The zero-order valence-electron chi connectivity index (χ0n) is 13.0. The summed E-state index contributed by atoms with van der Waals surface area (Å²) in [5.74, 6) is 0. The monoisotopic (exact) mass is 319 g/mol. The summed E-state index contributed by atoms with van der Waals surface area (Å²) in [6.45, 7) is 5.43. The van der Waals surface area contributed by atoms with Crippen LogP contribution >= 0.6 is 0 Å². The van der Waals surface area contributed by atoms with E-state index in [0.717, 1.165) is 5.56 Å². The summed E-state index contributed by atoms with van der Waals surface area (Å²) < 4.78 is 27.6. The van der Waals surface area contributed by atoms with Gasteiger partial charge in [-0.15, -0.1) is 0 Å². The first-order valence-corrected chi connectivity index (χ1v) is 8.66. The topological polar surface area (TPSA) is 66.4 Å². The molecule has 0 aromatic heterocycles. The van der Waals surface area contributed by atoms with Crippen LogP contribution in [-0.4, -0.2) is 13.5 Å². The molecule has 1 unspecified atom stereocenters. The zero-order valence-corrected chi connectivity index (χ0v) is 13.8. The van der Waals surface area contributed by atoms with Crippen LogP contribution in [0.1, 0.15) is 31.4 Å². The first-order valence-electron chi connectivity index (χ1n) is 7.17. The van der Waals surface area contributed by atoms with Gasteiger partial charge in [-0.1, -0.05) is 42.8 Å². The van der Waals surface area contributed by atoms with E-state index in [1.54, 1.807) is 55.5 Å². The molecule has 0 bridgehead atoms. The molecule has 0 aliphatic heterocycles. The number of para-hydroxylation sites is 1. The Morgan fingerprint density at radius 1 is 1.09 bits per heavy atom. The molecule has 0 heterocycles. The highest BCUT2D eigenvalue weighted by atomic mass is 32.2. The van der Waals surface area contributed by atoms with Gasteiger partial charge in [-0.2, -0.15) is 0 Å². The van der Waals surface area contributed by atoms with E-state index >= 15 is 0 Å². The van der Waals surface area contributed by atoms with E-state index in [2.05, 4.69) is 4.72 Å². The van der Waals surface area contributed by atoms with Crippen molar-refractivity contribution in [2.45, 2.75) is 37.7 Å². The Morgan fingerprint density at radius 2 is 1.68 bits per heavy atom. The lowest BCUT2D eigenvalue weighted by atomic mass is 9.92. The maximum atomic E-state index is 12.5. The van der Waals surface area contributed by atoms with E-state index in [1.807, 2.05) is 13.8 Å². The molecule has 0 spiro atoms. The van der Waals surface area contributed by atoms with Crippen LogP contribution in [0, 0.1) is 6.92 Å². The molecule has 0 aliphatic carbocycles. The third-order valence-corrected chi connectivity index (χ3v) is 5.15. The van der Waals surface area contributed by atoms with Crippen LogP contribution in [0.4, 0.5) is 5.69 Å². The number of nitrogens with one attached hydrogen (secondary N) is 1. The minimum Gasteiger partial charge on any atom is -0.385 e. The molecule has 0 radical (unpaired) electrons. The molecule has 2 N–H and O–H groups in total. The van der Waals surface area contributed by atoms with Crippen LogP contribution < -0.4 is 4.72 Å². The number of rotatable bonds is 5. The summed E-state index contributed by atoms with van der Waals surface area (Å²) in [5.41, 5.74) is 0.864. The highest BCUT2D eigenvalue weighted by Crippen LogP contribution is 2.31. The van der Waals surface area contributed by atoms with E-state index in [0.29, 0.717) is 17.7 Å². The number of benzene rings is 2. The Kier molecular flexibility index (Phi) is 4.58. The number of anilines is 1. The number of aryl methyl sites for hydroxylation is 1. The molecule has 4 nitrogen and oxygen atoms in total. The van der Waals surface area contributed by atoms with Crippen molar-refractivity contribution in [3.05, 3.63) is 59.7 Å². The van der Waals surface area contributed by atoms with Gasteiger partial charge in [-0.05, 0) is 38.5 Å². The van der Waals surface area contributed by atoms with Gasteiger partial charge in [0.2, 0.25) is 0 Å². The molecule has 5 heteroatoms. The van der Waals surface area contributed by atoms with Crippen molar-refractivity contribution in [2.75, 3.05) is 4.72 Å². The maximum absolute atomic E-state index is 12.5. The van der Waals surface area contributed by atoms with Crippen LogP contribution in [0.25, 0.3) is 0 Å². The minimum atomic E-state index is -3.68. The quantitative estimate of drug-likeness (QED) is 0.887. The molecule has 0 amide bonds. The van der Waals surface area contributed by atoms with Gasteiger partial charge in [0, 0.05) is 5.56 Å². The van der Waals surface area contributed by atoms with Crippen molar-refractivity contribution in [3.63, 3.8) is 0 Å².